The second kappa shape index (κ2) is 8.41. The first-order chi connectivity index (χ1) is 9.74. The van der Waals surface area contributed by atoms with Gasteiger partial charge in [-0.1, -0.05) is 67.8 Å². The molecule has 0 bridgehead atoms. The second-order valence-corrected chi connectivity index (χ2v) is 7.69. The maximum atomic E-state index is 12.9. The van der Waals surface area contributed by atoms with Crippen molar-refractivity contribution in [3.8, 4) is 0 Å². The lowest BCUT2D eigenvalue weighted by Gasteiger charge is -2.42. The molecule has 0 aromatic heterocycles. The van der Waals surface area contributed by atoms with Gasteiger partial charge >= 0.3 is 0 Å². The Kier molecular flexibility index (Phi) is 6.86. The molecule has 0 N–H and O–H groups in total. The molecule has 0 aliphatic heterocycles. The normalized spacial score (nSPS) is 23.5. The first-order valence-corrected chi connectivity index (χ1v) is 9.62. The van der Waals surface area contributed by atoms with Crippen LogP contribution in [0, 0.1) is 0 Å². The number of hydrogen-bond donors (Lipinski definition) is 0. The first kappa shape index (κ1) is 16.3. The van der Waals surface area contributed by atoms with E-state index in [4.69, 9.17) is 0 Å². The number of nitrogens with zero attached hydrogens (tertiary/aromatic N) is 1. The summed E-state index contributed by atoms with van der Waals surface area (Å²) in [4.78, 5) is 15.3. The summed E-state index contributed by atoms with van der Waals surface area (Å²) in [6.45, 7) is 2.16. The van der Waals surface area contributed by atoms with E-state index in [0.717, 1.165) is 12.8 Å². The van der Waals surface area contributed by atoms with Crippen LogP contribution in [0.15, 0.2) is 0 Å². The zero-order valence-corrected chi connectivity index (χ0v) is 14.5. The van der Waals surface area contributed by atoms with Gasteiger partial charge in [-0.3, -0.25) is 4.79 Å². The molecule has 2 saturated carbocycles. The molecule has 2 aliphatic rings. The highest BCUT2D eigenvalue weighted by Crippen LogP contribution is 2.31. The lowest BCUT2D eigenvalue weighted by molar-refractivity contribution is -0.137. The summed E-state index contributed by atoms with van der Waals surface area (Å²) in [5.74, 6) is 0.380. The van der Waals surface area contributed by atoms with E-state index in [2.05, 4.69) is 27.8 Å². The highest BCUT2D eigenvalue weighted by molar-refractivity contribution is 9.10. The molecule has 0 aromatic carbocycles. The van der Waals surface area contributed by atoms with Gasteiger partial charge in [-0.05, 0) is 32.1 Å². The van der Waals surface area contributed by atoms with Crippen molar-refractivity contribution in [1.82, 2.24) is 4.90 Å². The summed E-state index contributed by atoms with van der Waals surface area (Å²) < 4.78 is 0. The highest BCUT2D eigenvalue weighted by atomic mass is 79.9. The van der Waals surface area contributed by atoms with Crippen LogP contribution in [0.25, 0.3) is 0 Å². The fraction of sp³-hybridized carbons (Fsp3) is 0.941. The number of carbonyl (C=O) groups is 1. The largest absolute Gasteiger partial charge is 0.336 e. The van der Waals surface area contributed by atoms with Crippen molar-refractivity contribution in [3.63, 3.8) is 0 Å². The summed E-state index contributed by atoms with van der Waals surface area (Å²) in [7, 11) is 0. The molecule has 0 radical (unpaired) electrons. The minimum absolute atomic E-state index is 0.0383. The van der Waals surface area contributed by atoms with Crippen molar-refractivity contribution in [2.75, 3.05) is 0 Å². The first-order valence-electron chi connectivity index (χ1n) is 8.70. The van der Waals surface area contributed by atoms with Gasteiger partial charge in [-0.15, -0.1) is 0 Å². The lowest BCUT2D eigenvalue weighted by Crippen LogP contribution is -2.51. The Morgan fingerprint density at radius 2 is 1.45 bits per heavy atom. The van der Waals surface area contributed by atoms with Crippen molar-refractivity contribution in [1.29, 1.82) is 0 Å². The molecule has 0 heterocycles. The number of rotatable bonds is 5. The van der Waals surface area contributed by atoms with Gasteiger partial charge in [-0.2, -0.15) is 0 Å². The molecule has 2 rings (SSSR count). The maximum Gasteiger partial charge on any atom is 0.236 e. The van der Waals surface area contributed by atoms with Crippen LogP contribution < -0.4 is 0 Å². The molecule has 2 aliphatic carbocycles. The number of amides is 1. The summed E-state index contributed by atoms with van der Waals surface area (Å²) in [5, 5.41) is 0. The molecule has 3 heteroatoms. The minimum Gasteiger partial charge on any atom is -0.336 e. The lowest BCUT2D eigenvalue weighted by atomic mass is 9.88. The van der Waals surface area contributed by atoms with Crippen LogP contribution in [0.5, 0.6) is 0 Å². The standard InChI is InChI=1S/C17H30BrNO/c1-2-9-16(18)17(20)19(14-10-5-3-6-11-14)15-12-7-4-8-13-15/h14-16H,2-13H2,1H3/t16-/m1/s1. The van der Waals surface area contributed by atoms with E-state index in [9.17, 15) is 4.79 Å². The number of carbonyl (C=O) groups excluding carboxylic acids is 1. The monoisotopic (exact) mass is 343 g/mol. The Bertz CT molecular complexity index is 277. The molecule has 1 amide bonds. The summed E-state index contributed by atoms with van der Waals surface area (Å²) in [6.07, 6.45) is 14.9. The number of hydrogen-bond acceptors (Lipinski definition) is 1. The number of alkyl halides is 1. The van der Waals surface area contributed by atoms with Crippen LogP contribution in [0.4, 0.5) is 0 Å². The molecule has 0 aromatic rings. The molecular weight excluding hydrogens is 314 g/mol. The smallest absolute Gasteiger partial charge is 0.236 e. The van der Waals surface area contributed by atoms with Gasteiger partial charge in [0.2, 0.25) is 5.91 Å². The van der Waals surface area contributed by atoms with E-state index in [1.165, 1.54) is 64.2 Å². The van der Waals surface area contributed by atoms with Crippen LogP contribution in [-0.2, 0) is 4.79 Å². The quantitative estimate of drug-likeness (QED) is 0.640. The van der Waals surface area contributed by atoms with Crippen molar-refractivity contribution in [2.45, 2.75) is 101 Å². The van der Waals surface area contributed by atoms with Gasteiger partial charge in [0.05, 0.1) is 4.83 Å². The Balaban J connectivity index is 2.07. The molecular formula is C17H30BrNO. The molecule has 116 valence electrons. The SMILES string of the molecule is CCC[C@@H](Br)C(=O)N(C1CCCCC1)C1CCCCC1. The average Bonchev–Trinajstić information content (AvgIpc) is 2.50. The molecule has 20 heavy (non-hydrogen) atoms. The van der Waals surface area contributed by atoms with Crippen molar-refractivity contribution in [3.05, 3.63) is 0 Å². The van der Waals surface area contributed by atoms with Gasteiger partial charge < -0.3 is 4.90 Å². The van der Waals surface area contributed by atoms with Gasteiger partial charge in [0.1, 0.15) is 0 Å². The van der Waals surface area contributed by atoms with Gasteiger partial charge in [0.15, 0.2) is 0 Å². The van der Waals surface area contributed by atoms with Crippen molar-refractivity contribution in [2.24, 2.45) is 0 Å². The van der Waals surface area contributed by atoms with Crippen LogP contribution in [0.3, 0.4) is 0 Å². The average molecular weight is 344 g/mol. The fourth-order valence-corrected chi connectivity index (χ4v) is 4.61. The Labute approximate surface area is 132 Å². The summed E-state index contributed by atoms with van der Waals surface area (Å²) >= 11 is 3.65. The summed E-state index contributed by atoms with van der Waals surface area (Å²) in [5.41, 5.74) is 0. The molecule has 2 nitrogen and oxygen atoms in total. The third-order valence-electron chi connectivity index (χ3n) is 5.00. The zero-order chi connectivity index (χ0) is 14.4. The Morgan fingerprint density at radius 1 is 1.00 bits per heavy atom. The fourth-order valence-electron chi connectivity index (χ4n) is 3.92. The molecule has 0 saturated heterocycles. The Morgan fingerprint density at radius 3 is 1.85 bits per heavy atom. The van der Waals surface area contributed by atoms with Crippen LogP contribution in [-0.4, -0.2) is 27.7 Å². The van der Waals surface area contributed by atoms with E-state index in [1.54, 1.807) is 0 Å². The van der Waals surface area contributed by atoms with Crippen LogP contribution >= 0.6 is 15.9 Å². The topological polar surface area (TPSA) is 20.3 Å². The van der Waals surface area contributed by atoms with E-state index in [1.807, 2.05) is 0 Å². The Hall–Kier alpha value is -0.0500. The van der Waals surface area contributed by atoms with E-state index < -0.39 is 0 Å². The summed E-state index contributed by atoms with van der Waals surface area (Å²) in [6, 6.07) is 1.05. The van der Waals surface area contributed by atoms with Crippen LogP contribution in [0.2, 0.25) is 0 Å². The third kappa shape index (κ3) is 4.22. The van der Waals surface area contributed by atoms with Crippen LogP contribution in [0.1, 0.15) is 84.0 Å². The van der Waals surface area contributed by atoms with Crippen molar-refractivity contribution >= 4 is 21.8 Å². The molecule has 2 fully saturated rings. The van der Waals surface area contributed by atoms with Crippen molar-refractivity contribution < 1.29 is 4.79 Å². The van der Waals surface area contributed by atoms with E-state index >= 15 is 0 Å². The molecule has 1 atom stereocenters. The highest BCUT2D eigenvalue weighted by Gasteiger charge is 2.34. The molecule has 0 spiro atoms. The second-order valence-electron chi connectivity index (χ2n) is 6.59. The maximum absolute atomic E-state index is 12.9. The number of halogens is 1. The predicted octanol–water partition coefficient (Wildman–Crippen LogP) is 5.04. The van der Waals surface area contributed by atoms with E-state index in [0.29, 0.717) is 18.0 Å². The predicted molar refractivity (Wildman–Crippen MR) is 88.2 cm³/mol. The van der Waals surface area contributed by atoms with Gasteiger partial charge in [0.25, 0.3) is 0 Å². The third-order valence-corrected chi connectivity index (χ3v) is 5.85. The minimum atomic E-state index is 0.0383. The zero-order valence-electron chi connectivity index (χ0n) is 13.0. The molecule has 0 unspecified atom stereocenters. The van der Waals surface area contributed by atoms with Gasteiger partial charge in [0, 0.05) is 12.1 Å². The van der Waals surface area contributed by atoms with E-state index in [-0.39, 0.29) is 4.83 Å². The van der Waals surface area contributed by atoms with Gasteiger partial charge in [-0.25, -0.2) is 0 Å².